The molecule has 1 heterocycles. The summed E-state index contributed by atoms with van der Waals surface area (Å²) < 4.78 is 0. The molecule has 8 nitrogen and oxygen atoms in total. The van der Waals surface area contributed by atoms with Gasteiger partial charge in [0.25, 0.3) is 11.6 Å². The van der Waals surface area contributed by atoms with Crippen LogP contribution in [-0.4, -0.2) is 34.4 Å². The number of amides is 1. The molecule has 0 aliphatic heterocycles. The molecule has 1 aromatic carbocycles. The highest BCUT2D eigenvalue weighted by molar-refractivity contribution is 6.01. The van der Waals surface area contributed by atoms with Crippen molar-refractivity contribution in [2.24, 2.45) is 0 Å². The number of carbonyl (C=O) groups excluding carboxylic acids is 1. The molecular weight excluding hydrogens is 274 g/mol. The highest BCUT2D eigenvalue weighted by Gasteiger charge is 2.20. The first-order valence-electron chi connectivity index (χ1n) is 6.35. The smallest absolute Gasteiger partial charge is 0.293 e. The Balaban J connectivity index is 2.08. The molecule has 0 saturated heterocycles. The van der Waals surface area contributed by atoms with E-state index in [1.165, 1.54) is 12.1 Å². The van der Waals surface area contributed by atoms with Crippen LogP contribution in [0.2, 0.25) is 0 Å². The first-order chi connectivity index (χ1) is 10.1. The van der Waals surface area contributed by atoms with Gasteiger partial charge in [0.15, 0.2) is 0 Å². The van der Waals surface area contributed by atoms with Crippen LogP contribution in [0, 0.1) is 10.1 Å². The zero-order valence-electron chi connectivity index (χ0n) is 11.4. The van der Waals surface area contributed by atoms with Gasteiger partial charge >= 0.3 is 0 Å². The van der Waals surface area contributed by atoms with Gasteiger partial charge in [-0.05, 0) is 6.07 Å². The van der Waals surface area contributed by atoms with E-state index in [1.807, 2.05) is 0 Å². The maximum absolute atomic E-state index is 12.1. The van der Waals surface area contributed by atoms with Crippen LogP contribution in [0.5, 0.6) is 0 Å². The Kier molecular flexibility index (Phi) is 4.50. The molecule has 3 N–H and O–H groups in total. The Morgan fingerprint density at radius 2 is 2.29 bits per heavy atom. The second-order valence-electron chi connectivity index (χ2n) is 4.25. The molecule has 0 atom stereocenters. The zero-order chi connectivity index (χ0) is 15.2. The number of benzene rings is 1. The Morgan fingerprint density at radius 1 is 1.48 bits per heavy atom. The van der Waals surface area contributed by atoms with Gasteiger partial charge in [-0.3, -0.25) is 14.9 Å². The van der Waals surface area contributed by atoms with Crippen molar-refractivity contribution in [1.82, 2.24) is 15.3 Å². The van der Waals surface area contributed by atoms with E-state index in [0.717, 1.165) is 5.82 Å². The summed E-state index contributed by atoms with van der Waals surface area (Å²) in [5.41, 5.74) is 0.320. The summed E-state index contributed by atoms with van der Waals surface area (Å²) >= 11 is 0. The number of nitro benzene ring substituents is 1. The van der Waals surface area contributed by atoms with Gasteiger partial charge in [-0.25, -0.2) is 4.98 Å². The van der Waals surface area contributed by atoms with Crippen molar-refractivity contribution in [3.05, 3.63) is 52.1 Å². The fourth-order valence-electron chi connectivity index (χ4n) is 1.97. The number of nitrogens with zero attached hydrogens (tertiary/aromatic N) is 2. The fraction of sp³-hybridized carbons (Fsp3) is 0.231. The summed E-state index contributed by atoms with van der Waals surface area (Å²) in [6.07, 6.45) is 3.90. The van der Waals surface area contributed by atoms with Crippen molar-refractivity contribution in [3.63, 3.8) is 0 Å². The minimum atomic E-state index is -0.522. The number of aromatic nitrogens is 2. The zero-order valence-corrected chi connectivity index (χ0v) is 11.4. The summed E-state index contributed by atoms with van der Waals surface area (Å²) in [5.74, 6) is 0.401. The number of hydrogen-bond acceptors (Lipinski definition) is 5. The van der Waals surface area contributed by atoms with Crippen LogP contribution >= 0.6 is 0 Å². The molecule has 0 saturated carbocycles. The minimum absolute atomic E-state index is 0.129. The number of H-pyrrole nitrogens is 1. The third-order valence-corrected chi connectivity index (χ3v) is 2.94. The Bertz CT molecular complexity index is 639. The van der Waals surface area contributed by atoms with Crippen molar-refractivity contribution < 1.29 is 9.72 Å². The molecule has 2 rings (SSSR count). The lowest BCUT2D eigenvalue weighted by Crippen LogP contribution is -2.26. The summed E-state index contributed by atoms with van der Waals surface area (Å²) in [6.45, 7) is 0.387. The summed E-state index contributed by atoms with van der Waals surface area (Å²) in [7, 11) is 1.54. The fourth-order valence-corrected chi connectivity index (χ4v) is 1.97. The molecule has 1 aromatic heterocycles. The van der Waals surface area contributed by atoms with Gasteiger partial charge in [-0.2, -0.15) is 0 Å². The maximum atomic E-state index is 12.1. The number of nitrogens with one attached hydrogen (secondary N) is 3. The predicted molar refractivity (Wildman–Crippen MR) is 77.3 cm³/mol. The third kappa shape index (κ3) is 3.35. The van der Waals surface area contributed by atoms with Crippen LogP contribution in [-0.2, 0) is 6.42 Å². The molecule has 0 radical (unpaired) electrons. The normalized spacial score (nSPS) is 10.1. The topological polar surface area (TPSA) is 113 Å². The van der Waals surface area contributed by atoms with Gasteiger partial charge in [-0.15, -0.1) is 0 Å². The monoisotopic (exact) mass is 289 g/mol. The van der Waals surface area contributed by atoms with E-state index in [4.69, 9.17) is 0 Å². The van der Waals surface area contributed by atoms with Crippen molar-refractivity contribution in [2.75, 3.05) is 18.9 Å². The second kappa shape index (κ2) is 6.51. The number of imidazole rings is 1. The Morgan fingerprint density at radius 3 is 2.90 bits per heavy atom. The number of anilines is 1. The molecular formula is C13H15N5O3. The number of para-hydroxylation sites is 1. The van der Waals surface area contributed by atoms with Crippen LogP contribution in [0.15, 0.2) is 30.6 Å². The number of hydrogen-bond donors (Lipinski definition) is 3. The molecule has 21 heavy (non-hydrogen) atoms. The molecule has 0 spiro atoms. The molecule has 0 bridgehead atoms. The molecule has 0 aliphatic carbocycles. The van der Waals surface area contributed by atoms with Crippen LogP contribution in [0.3, 0.4) is 0 Å². The maximum Gasteiger partial charge on any atom is 0.293 e. The number of aromatic amines is 1. The predicted octanol–water partition coefficient (Wildman–Crippen LogP) is 1.33. The number of carbonyl (C=O) groups is 1. The first-order valence-corrected chi connectivity index (χ1v) is 6.35. The van der Waals surface area contributed by atoms with E-state index in [1.54, 1.807) is 25.5 Å². The van der Waals surface area contributed by atoms with Crippen molar-refractivity contribution >= 4 is 17.3 Å². The van der Waals surface area contributed by atoms with Gasteiger partial charge in [0.05, 0.1) is 10.5 Å². The van der Waals surface area contributed by atoms with E-state index in [0.29, 0.717) is 13.0 Å². The Labute approximate surface area is 120 Å². The highest BCUT2D eigenvalue weighted by atomic mass is 16.6. The molecule has 0 fully saturated rings. The van der Waals surface area contributed by atoms with Gasteiger partial charge in [0.1, 0.15) is 11.5 Å². The lowest BCUT2D eigenvalue weighted by Gasteiger charge is -2.09. The lowest BCUT2D eigenvalue weighted by molar-refractivity contribution is -0.384. The van der Waals surface area contributed by atoms with Gasteiger partial charge in [-0.1, -0.05) is 6.07 Å². The van der Waals surface area contributed by atoms with Crippen molar-refractivity contribution in [1.29, 1.82) is 0 Å². The minimum Gasteiger partial charge on any atom is -0.382 e. The average molecular weight is 289 g/mol. The van der Waals surface area contributed by atoms with E-state index >= 15 is 0 Å². The van der Waals surface area contributed by atoms with Crippen molar-refractivity contribution in [3.8, 4) is 0 Å². The quantitative estimate of drug-likeness (QED) is 0.548. The van der Waals surface area contributed by atoms with Gasteiger partial charge in [0.2, 0.25) is 0 Å². The summed E-state index contributed by atoms with van der Waals surface area (Å²) in [4.78, 5) is 29.5. The van der Waals surface area contributed by atoms with Gasteiger partial charge < -0.3 is 15.6 Å². The Hall–Kier alpha value is -2.90. The van der Waals surface area contributed by atoms with E-state index in [9.17, 15) is 14.9 Å². The number of rotatable bonds is 6. The summed E-state index contributed by atoms with van der Waals surface area (Å²) in [6, 6.07) is 4.38. The molecule has 2 aromatic rings. The molecule has 1 amide bonds. The largest absolute Gasteiger partial charge is 0.382 e. The first kappa shape index (κ1) is 14.5. The number of nitro groups is 1. The van der Waals surface area contributed by atoms with Crippen LogP contribution < -0.4 is 10.6 Å². The summed E-state index contributed by atoms with van der Waals surface area (Å²) in [5, 5.41) is 16.4. The third-order valence-electron chi connectivity index (χ3n) is 2.94. The van der Waals surface area contributed by atoms with Crippen LogP contribution in [0.1, 0.15) is 16.2 Å². The molecule has 8 heteroatoms. The average Bonchev–Trinajstić information content (AvgIpc) is 2.99. The van der Waals surface area contributed by atoms with Crippen molar-refractivity contribution in [2.45, 2.75) is 6.42 Å². The van der Waals surface area contributed by atoms with Gasteiger partial charge in [0, 0.05) is 38.5 Å². The van der Waals surface area contributed by atoms with Crippen LogP contribution in [0.25, 0.3) is 0 Å². The van der Waals surface area contributed by atoms with E-state index in [-0.39, 0.29) is 22.8 Å². The molecule has 110 valence electrons. The molecule has 0 aliphatic rings. The van der Waals surface area contributed by atoms with E-state index < -0.39 is 4.92 Å². The second-order valence-corrected chi connectivity index (χ2v) is 4.25. The van der Waals surface area contributed by atoms with Crippen LogP contribution in [0.4, 0.5) is 11.4 Å². The standard InChI is InChI=1S/C13H15N5O3/c1-14-12-9(3-2-4-10(12)18(20)21)13(19)17-6-5-11-15-7-8-16-11/h2-4,7-8,14H,5-6H2,1H3,(H,15,16)(H,17,19). The SMILES string of the molecule is CNc1c(C(=O)NCCc2ncc[nH]2)cccc1[N+](=O)[O-]. The van der Waals surface area contributed by atoms with E-state index in [2.05, 4.69) is 20.6 Å². The lowest BCUT2D eigenvalue weighted by atomic mass is 10.1. The highest BCUT2D eigenvalue weighted by Crippen LogP contribution is 2.27. The molecule has 0 unspecified atom stereocenters.